The van der Waals surface area contributed by atoms with Crippen LogP contribution < -0.4 is 19.8 Å². The fourth-order valence-corrected chi connectivity index (χ4v) is 7.52. The van der Waals surface area contributed by atoms with Gasteiger partial charge in [-0.2, -0.15) is 4.98 Å². The zero-order valence-corrected chi connectivity index (χ0v) is 26.5. The zero-order valence-electron chi connectivity index (χ0n) is 25.7. The summed E-state index contributed by atoms with van der Waals surface area (Å²) in [5.41, 5.74) is 4.27. The second kappa shape index (κ2) is 11.1. The minimum Gasteiger partial charge on any atom is -0.395 e. The lowest BCUT2D eigenvalue weighted by Crippen LogP contribution is -2.40. The summed E-state index contributed by atoms with van der Waals surface area (Å²) in [6.07, 6.45) is 5.96. The number of fused-ring (bicyclic) bond motifs is 1. The molecule has 2 aliphatic carbocycles. The molecule has 0 unspecified atom stereocenters. The number of amides is 1. The predicted octanol–water partition coefficient (Wildman–Crippen LogP) is 4.65. The van der Waals surface area contributed by atoms with Crippen LogP contribution in [0.1, 0.15) is 86.0 Å². The van der Waals surface area contributed by atoms with Gasteiger partial charge in [-0.1, -0.05) is 0 Å². The number of aryl methyl sites for hydroxylation is 1. The number of anilines is 4. The molecule has 3 fully saturated rings. The van der Waals surface area contributed by atoms with E-state index in [4.69, 9.17) is 0 Å². The number of sulfonamides is 1. The molecule has 44 heavy (non-hydrogen) atoms. The summed E-state index contributed by atoms with van der Waals surface area (Å²) >= 11 is 0. The summed E-state index contributed by atoms with van der Waals surface area (Å²) in [7, 11) is -3.94. The van der Waals surface area contributed by atoms with Crippen molar-refractivity contribution < 1.29 is 27.1 Å². The third-order valence-corrected chi connectivity index (χ3v) is 12.0. The van der Waals surface area contributed by atoms with Crippen molar-refractivity contribution in [3.8, 4) is 0 Å². The van der Waals surface area contributed by atoms with Gasteiger partial charge >= 0.3 is 0 Å². The van der Waals surface area contributed by atoms with Gasteiger partial charge in [-0.25, -0.2) is 22.2 Å². The molecule has 1 saturated carbocycles. The van der Waals surface area contributed by atoms with Crippen LogP contribution in [0.15, 0.2) is 12.1 Å². The highest BCUT2D eigenvalue weighted by Gasteiger charge is 2.45. The average molecular weight is 633 g/mol. The number of aliphatic hydroxyl groups is 1. The zero-order chi connectivity index (χ0) is 31.5. The molecule has 1 amide bonds. The predicted molar refractivity (Wildman–Crippen MR) is 166 cm³/mol. The lowest BCUT2D eigenvalue weighted by Gasteiger charge is -2.36. The molecule has 6 rings (SSSR count). The molecule has 3 heterocycles. The molecule has 10 nitrogen and oxygen atoms in total. The number of nitrogens with one attached hydrogen (secondary N) is 2. The van der Waals surface area contributed by atoms with E-state index in [1.807, 2.05) is 0 Å². The average Bonchev–Trinajstić information content (AvgIpc) is 3.52. The van der Waals surface area contributed by atoms with Crippen LogP contribution in [0, 0.1) is 12.3 Å². The summed E-state index contributed by atoms with van der Waals surface area (Å²) in [6.45, 7) is 5.99. The van der Waals surface area contributed by atoms with E-state index in [0.29, 0.717) is 46.8 Å². The van der Waals surface area contributed by atoms with Gasteiger partial charge in [-0.05, 0) is 88.3 Å². The van der Waals surface area contributed by atoms with Gasteiger partial charge in [0.15, 0.2) is 0 Å². The van der Waals surface area contributed by atoms with Gasteiger partial charge in [0.25, 0.3) is 11.8 Å². The number of benzene rings is 1. The number of rotatable bonds is 8. The molecule has 4 aliphatic rings. The number of carbonyl (C=O) groups excluding carboxylic acids is 1. The van der Waals surface area contributed by atoms with Crippen molar-refractivity contribution in [2.45, 2.75) is 89.2 Å². The van der Waals surface area contributed by atoms with Crippen LogP contribution in [0.5, 0.6) is 0 Å². The van der Waals surface area contributed by atoms with E-state index in [9.17, 15) is 27.1 Å². The number of aliphatic hydroxyl groups excluding tert-OH is 1. The lowest BCUT2D eigenvalue weighted by molar-refractivity contribution is -0.0222. The van der Waals surface area contributed by atoms with Crippen molar-refractivity contribution in [2.75, 3.05) is 52.6 Å². The highest BCUT2D eigenvalue weighted by atomic mass is 32.2. The fraction of sp³-hybridized carbons (Fsp3) is 0.645. The van der Waals surface area contributed by atoms with E-state index in [1.54, 1.807) is 24.0 Å². The Morgan fingerprint density at radius 3 is 2.25 bits per heavy atom. The Hall–Kier alpha value is -3.06. The van der Waals surface area contributed by atoms with E-state index < -0.39 is 27.3 Å². The molecule has 13 heteroatoms. The number of halogens is 2. The summed E-state index contributed by atoms with van der Waals surface area (Å²) in [4.78, 5) is 27.1. The number of carbonyl (C=O) groups is 1. The maximum atomic E-state index is 14.2. The molecule has 1 aromatic carbocycles. The smallest absolute Gasteiger partial charge is 0.259 e. The molecule has 0 atom stereocenters. The quantitative estimate of drug-likeness (QED) is 0.384. The molecule has 2 saturated heterocycles. The number of hydrogen-bond donors (Lipinski definition) is 3. The third-order valence-electron chi connectivity index (χ3n) is 9.95. The molecule has 3 N–H and O–H groups in total. The highest BCUT2D eigenvalue weighted by molar-refractivity contribution is 7.94. The Bertz CT molecular complexity index is 1560. The number of piperidine rings is 2. The van der Waals surface area contributed by atoms with Crippen LogP contribution in [0.3, 0.4) is 0 Å². The number of aromatic nitrogens is 2. The minimum absolute atomic E-state index is 0.127. The molecular weight excluding hydrogens is 590 g/mol. The standard InChI is InChI=1S/C31H42F2N6O4S/c1-20-17-25(36-28(34-20)39-15-11-31(32,33)12-16-39)35-27(41)26-22-6-4-5-21(22)23(37-44(42,43)29(2,3)19-40)18-24(26)38-13-9-30(7-8-30)10-14-38/h17-18,37,40H,4-16,19H2,1-3H3,(H,34,35,36,41). The van der Waals surface area contributed by atoms with Gasteiger partial charge in [0.2, 0.25) is 16.0 Å². The Morgan fingerprint density at radius 1 is 0.977 bits per heavy atom. The van der Waals surface area contributed by atoms with Crippen LogP contribution in [0.2, 0.25) is 0 Å². The van der Waals surface area contributed by atoms with Crippen molar-refractivity contribution in [1.29, 1.82) is 0 Å². The Labute approximate surface area is 257 Å². The van der Waals surface area contributed by atoms with Crippen molar-refractivity contribution in [3.05, 3.63) is 34.5 Å². The van der Waals surface area contributed by atoms with E-state index in [-0.39, 0.29) is 37.7 Å². The molecular formula is C31H42F2N6O4S. The van der Waals surface area contributed by atoms with E-state index in [1.165, 1.54) is 26.7 Å². The van der Waals surface area contributed by atoms with Gasteiger partial charge in [-0.15, -0.1) is 0 Å². The largest absolute Gasteiger partial charge is 0.395 e. The first kappa shape index (κ1) is 30.9. The minimum atomic E-state index is -3.94. The molecule has 2 aliphatic heterocycles. The number of alkyl halides is 2. The van der Waals surface area contributed by atoms with Crippen LogP contribution in [-0.4, -0.2) is 72.9 Å². The van der Waals surface area contributed by atoms with Crippen LogP contribution in [0.25, 0.3) is 0 Å². The van der Waals surface area contributed by atoms with Crippen molar-refractivity contribution in [2.24, 2.45) is 5.41 Å². The van der Waals surface area contributed by atoms with Gasteiger partial charge in [0.05, 0.1) is 23.5 Å². The Kier molecular flexibility index (Phi) is 7.79. The summed E-state index contributed by atoms with van der Waals surface area (Å²) < 4.78 is 55.5. The van der Waals surface area contributed by atoms with Crippen molar-refractivity contribution >= 4 is 39.1 Å². The monoisotopic (exact) mass is 632 g/mol. The van der Waals surface area contributed by atoms with Crippen molar-refractivity contribution in [3.63, 3.8) is 0 Å². The first-order valence-corrected chi connectivity index (χ1v) is 17.1. The fourth-order valence-electron chi connectivity index (χ4n) is 6.60. The van der Waals surface area contributed by atoms with E-state index in [0.717, 1.165) is 43.5 Å². The van der Waals surface area contributed by atoms with Gasteiger partial charge in [0.1, 0.15) is 10.6 Å². The molecule has 1 spiro atoms. The SMILES string of the molecule is Cc1cc(NC(=O)c2c(N3CCC4(CC3)CC4)cc(NS(=O)(=O)C(C)(C)CO)c3c2CCC3)nc(N2CCC(F)(F)CC2)n1. The summed E-state index contributed by atoms with van der Waals surface area (Å²) in [6, 6.07) is 3.45. The van der Waals surface area contributed by atoms with E-state index >= 15 is 0 Å². The Balaban J connectivity index is 1.35. The number of hydrogen-bond acceptors (Lipinski definition) is 8. The summed E-state index contributed by atoms with van der Waals surface area (Å²) in [5.74, 6) is -2.44. The van der Waals surface area contributed by atoms with Crippen LogP contribution >= 0.6 is 0 Å². The normalized spacial score (nSPS) is 20.9. The van der Waals surface area contributed by atoms with Gasteiger partial charge in [0, 0.05) is 50.8 Å². The van der Waals surface area contributed by atoms with Crippen LogP contribution in [-0.2, 0) is 22.9 Å². The molecule has 1 aromatic heterocycles. The molecule has 2 aromatic rings. The van der Waals surface area contributed by atoms with Crippen LogP contribution in [0.4, 0.5) is 31.9 Å². The Morgan fingerprint density at radius 2 is 1.61 bits per heavy atom. The van der Waals surface area contributed by atoms with E-state index in [2.05, 4.69) is 24.9 Å². The lowest BCUT2D eigenvalue weighted by atomic mass is 9.91. The first-order valence-electron chi connectivity index (χ1n) is 15.6. The van der Waals surface area contributed by atoms with Crippen molar-refractivity contribution in [1.82, 2.24) is 9.97 Å². The summed E-state index contributed by atoms with van der Waals surface area (Å²) in [5, 5.41) is 12.8. The van der Waals surface area contributed by atoms with Gasteiger partial charge in [-0.3, -0.25) is 9.52 Å². The first-order chi connectivity index (χ1) is 20.7. The third kappa shape index (κ3) is 5.96. The molecule has 0 bridgehead atoms. The number of nitrogens with zero attached hydrogens (tertiary/aromatic N) is 4. The second-order valence-corrected chi connectivity index (χ2v) is 15.9. The second-order valence-electron chi connectivity index (χ2n) is 13.6. The topological polar surface area (TPSA) is 128 Å². The van der Waals surface area contributed by atoms with Gasteiger partial charge < -0.3 is 20.2 Å². The highest BCUT2D eigenvalue weighted by Crippen LogP contribution is 2.54. The maximum Gasteiger partial charge on any atom is 0.259 e. The maximum absolute atomic E-state index is 14.2. The molecule has 240 valence electrons. The molecule has 0 radical (unpaired) electrons.